The van der Waals surface area contributed by atoms with Crippen molar-refractivity contribution in [3.8, 4) is 0 Å². The monoisotopic (exact) mass is 269 g/mol. The van der Waals surface area contributed by atoms with Crippen LogP contribution in [0.3, 0.4) is 0 Å². The minimum atomic E-state index is -4.12. The van der Waals surface area contributed by atoms with Gasteiger partial charge in [0, 0.05) is 13.2 Å². The highest BCUT2D eigenvalue weighted by atomic mass is 19.3. The summed E-state index contributed by atoms with van der Waals surface area (Å²) in [5, 5.41) is 6.88. The van der Waals surface area contributed by atoms with E-state index in [0.29, 0.717) is 5.69 Å². The van der Waals surface area contributed by atoms with Gasteiger partial charge in [0.15, 0.2) is 0 Å². The van der Waals surface area contributed by atoms with Crippen LogP contribution in [0.1, 0.15) is 11.7 Å². The third-order valence-electron chi connectivity index (χ3n) is 2.34. The van der Waals surface area contributed by atoms with Gasteiger partial charge in [-0.15, -0.1) is 0 Å². The van der Waals surface area contributed by atoms with E-state index in [1.807, 2.05) is 0 Å². The highest BCUT2D eigenvalue weighted by molar-refractivity contribution is 5.05. The number of aryl methyl sites for hydroxylation is 1. The number of likely N-dealkylation sites (N-methyl/N-ethyl adjacent to an activating group) is 1. The normalized spacial score (nSPS) is 14.2. The lowest BCUT2D eigenvalue weighted by Crippen LogP contribution is -2.34. The lowest BCUT2D eigenvalue weighted by molar-refractivity contribution is -0.167. The van der Waals surface area contributed by atoms with Gasteiger partial charge in [-0.25, -0.2) is 8.78 Å². The molecule has 18 heavy (non-hydrogen) atoms. The van der Waals surface area contributed by atoms with Crippen LogP contribution < -0.4 is 5.32 Å². The lowest BCUT2D eigenvalue weighted by Gasteiger charge is -2.18. The van der Waals surface area contributed by atoms with Crippen LogP contribution in [0, 0.1) is 0 Å². The maximum Gasteiger partial charge on any atom is 0.330 e. The topological polar surface area (TPSA) is 39.1 Å². The maximum absolute atomic E-state index is 12.6. The van der Waals surface area contributed by atoms with E-state index in [1.54, 1.807) is 31.0 Å². The predicted octanol–water partition coefficient (Wildman–Crippen LogP) is 1.60. The summed E-state index contributed by atoms with van der Waals surface area (Å²) in [5.41, 5.74) is 0.598. The van der Waals surface area contributed by atoms with Crippen LogP contribution in [0.5, 0.6) is 0 Å². The van der Waals surface area contributed by atoms with Crippen LogP contribution >= 0.6 is 0 Å². The van der Waals surface area contributed by atoms with Crippen LogP contribution in [-0.4, -0.2) is 42.4 Å². The summed E-state index contributed by atoms with van der Waals surface area (Å²) >= 11 is 0. The molecule has 0 amide bonds. The molecule has 1 N–H and O–H groups in total. The summed E-state index contributed by atoms with van der Waals surface area (Å²) in [7, 11) is 3.32. The van der Waals surface area contributed by atoms with Crippen LogP contribution in [0.4, 0.5) is 17.6 Å². The molecule has 0 bridgehead atoms. The Balaban J connectivity index is 2.46. The second-order valence-corrected chi connectivity index (χ2v) is 3.83. The Morgan fingerprint density at radius 3 is 2.61 bits per heavy atom. The zero-order valence-electron chi connectivity index (χ0n) is 10.0. The van der Waals surface area contributed by atoms with E-state index in [0.717, 1.165) is 0 Å². The summed E-state index contributed by atoms with van der Waals surface area (Å²) in [5.74, 6) is -4.12. The van der Waals surface area contributed by atoms with Crippen LogP contribution in [0.25, 0.3) is 0 Å². The molecule has 1 heterocycles. The first-order valence-electron chi connectivity index (χ1n) is 5.27. The number of rotatable bonds is 7. The van der Waals surface area contributed by atoms with Crippen molar-refractivity contribution in [2.75, 3.05) is 20.3 Å². The fourth-order valence-corrected chi connectivity index (χ4v) is 1.31. The summed E-state index contributed by atoms with van der Waals surface area (Å²) in [6.45, 7) is -1.47. The third kappa shape index (κ3) is 3.95. The molecule has 0 aliphatic carbocycles. The van der Waals surface area contributed by atoms with Crippen molar-refractivity contribution < 1.29 is 22.3 Å². The zero-order chi connectivity index (χ0) is 13.8. The molecule has 0 spiro atoms. The molecule has 1 rings (SSSR count). The van der Waals surface area contributed by atoms with Crippen molar-refractivity contribution in [3.05, 3.63) is 18.0 Å². The highest BCUT2D eigenvalue weighted by Crippen LogP contribution is 2.23. The van der Waals surface area contributed by atoms with Gasteiger partial charge in [-0.3, -0.25) is 4.68 Å². The van der Waals surface area contributed by atoms with E-state index in [4.69, 9.17) is 0 Å². The number of aromatic nitrogens is 2. The standard InChI is InChI=1S/C10H15F4N3O/c1-15-8(7-3-4-17(2)16-7)5-18-6-10(13,14)9(11)12/h3-4,8-9,15H,5-6H2,1-2H3. The van der Waals surface area contributed by atoms with Gasteiger partial charge in [-0.1, -0.05) is 0 Å². The molecule has 1 aromatic rings. The number of hydrogen-bond acceptors (Lipinski definition) is 3. The average Bonchev–Trinajstić information content (AvgIpc) is 2.71. The SMILES string of the molecule is CNC(COCC(F)(F)C(F)F)c1ccn(C)n1. The molecule has 0 aliphatic rings. The molecule has 0 aromatic carbocycles. The maximum atomic E-state index is 12.6. The number of ether oxygens (including phenoxy) is 1. The molecule has 0 aliphatic heterocycles. The minimum Gasteiger partial charge on any atom is -0.373 e. The van der Waals surface area contributed by atoms with Crippen molar-refractivity contribution in [1.82, 2.24) is 15.1 Å². The molecule has 0 fully saturated rings. The van der Waals surface area contributed by atoms with Crippen molar-refractivity contribution in [1.29, 1.82) is 0 Å². The number of hydrogen-bond donors (Lipinski definition) is 1. The van der Waals surface area contributed by atoms with E-state index < -0.39 is 25.0 Å². The Bertz CT molecular complexity index is 370. The van der Waals surface area contributed by atoms with Gasteiger partial charge in [-0.05, 0) is 13.1 Å². The third-order valence-corrected chi connectivity index (χ3v) is 2.34. The Labute approximate surface area is 102 Å². The molecule has 4 nitrogen and oxygen atoms in total. The molecule has 8 heteroatoms. The van der Waals surface area contributed by atoms with Gasteiger partial charge in [0.05, 0.1) is 18.3 Å². The molecule has 1 aromatic heterocycles. The van der Waals surface area contributed by atoms with E-state index in [2.05, 4.69) is 15.2 Å². The van der Waals surface area contributed by atoms with Gasteiger partial charge in [-0.2, -0.15) is 13.9 Å². The molecule has 1 atom stereocenters. The number of nitrogens with one attached hydrogen (secondary N) is 1. The average molecular weight is 269 g/mol. The number of nitrogens with zero attached hydrogens (tertiary/aromatic N) is 2. The lowest BCUT2D eigenvalue weighted by atomic mass is 10.2. The fourth-order valence-electron chi connectivity index (χ4n) is 1.31. The van der Waals surface area contributed by atoms with Crippen molar-refractivity contribution >= 4 is 0 Å². The summed E-state index contributed by atoms with van der Waals surface area (Å²) in [4.78, 5) is 0. The predicted molar refractivity (Wildman–Crippen MR) is 56.8 cm³/mol. The first-order valence-corrected chi connectivity index (χ1v) is 5.27. The largest absolute Gasteiger partial charge is 0.373 e. The van der Waals surface area contributed by atoms with Gasteiger partial charge < -0.3 is 10.1 Å². The van der Waals surface area contributed by atoms with Crippen molar-refractivity contribution in [3.63, 3.8) is 0 Å². The summed E-state index contributed by atoms with van der Waals surface area (Å²) < 4.78 is 55.1. The van der Waals surface area contributed by atoms with Gasteiger partial charge >= 0.3 is 12.3 Å². The van der Waals surface area contributed by atoms with E-state index in [-0.39, 0.29) is 6.61 Å². The van der Waals surface area contributed by atoms with Crippen LogP contribution in [-0.2, 0) is 11.8 Å². The Hall–Kier alpha value is -1.15. The molecule has 1 unspecified atom stereocenters. The Kier molecular flexibility index (Phi) is 5.09. The minimum absolute atomic E-state index is 0.157. The smallest absolute Gasteiger partial charge is 0.330 e. The van der Waals surface area contributed by atoms with E-state index in [9.17, 15) is 17.6 Å². The first-order chi connectivity index (χ1) is 8.36. The number of alkyl halides is 4. The molecular weight excluding hydrogens is 254 g/mol. The molecule has 0 saturated carbocycles. The quantitative estimate of drug-likeness (QED) is 0.764. The Morgan fingerprint density at radius 1 is 1.50 bits per heavy atom. The molecule has 0 saturated heterocycles. The second kappa shape index (κ2) is 6.14. The van der Waals surface area contributed by atoms with E-state index >= 15 is 0 Å². The highest BCUT2D eigenvalue weighted by Gasteiger charge is 2.41. The first kappa shape index (κ1) is 14.9. The van der Waals surface area contributed by atoms with Gasteiger partial charge in [0.2, 0.25) is 0 Å². The van der Waals surface area contributed by atoms with Crippen LogP contribution in [0.2, 0.25) is 0 Å². The van der Waals surface area contributed by atoms with Crippen molar-refractivity contribution in [2.24, 2.45) is 7.05 Å². The molecular formula is C10H15F4N3O. The summed E-state index contributed by atoms with van der Waals surface area (Å²) in [6.07, 6.45) is -2.03. The van der Waals surface area contributed by atoms with Crippen LogP contribution in [0.15, 0.2) is 12.3 Å². The Morgan fingerprint density at radius 2 is 2.17 bits per heavy atom. The second-order valence-electron chi connectivity index (χ2n) is 3.83. The number of halogens is 4. The fraction of sp³-hybridized carbons (Fsp3) is 0.700. The van der Waals surface area contributed by atoms with Gasteiger partial charge in [0.1, 0.15) is 6.61 Å². The zero-order valence-corrected chi connectivity index (χ0v) is 10.0. The van der Waals surface area contributed by atoms with E-state index in [1.165, 1.54) is 0 Å². The van der Waals surface area contributed by atoms with Gasteiger partial charge in [0.25, 0.3) is 0 Å². The van der Waals surface area contributed by atoms with Crippen molar-refractivity contribution in [2.45, 2.75) is 18.4 Å². The molecule has 104 valence electrons. The molecule has 0 radical (unpaired) electrons. The summed E-state index contributed by atoms with van der Waals surface area (Å²) in [6, 6.07) is 1.27.